The van der Waals surface area contributed by atoms with Crippen molar-refractivity contribution in [3.8, 4) is 11.4 Å². The number of rotatable bonds is 2. The van der Waals surface area contributed by atoms with Crippen LogP contribution in [0.5, 0.6) is 0 Å². The molecule has 3 heteroatoms. The Morgan fingerprint density at radius 3 is 1.98 bits per heavy atom. The number of hydrogen-bond donors (Lipinski definition) is 0. The average molecular weight is 565 g/mol. The van der Waals surface area contributed by atoms with E-state index in [0.29, 0.717) is 0 Å². The molecule has 0 aliphatic rings. The van der Waals surface area contributed by atoms with Crippen LogP contribution < -0.4 is 0 Å². The van der Waals surface area contributed by atoms with Gasteiger partial charge in [-0.15, -0.1) is 11.3 Å². The second-order valence-corrected chi connectivity index (χ2v) is 12.4. The Morgan fingerprint density at radius 1 is 0.395 bits per heavy atom. The van der Waals surface area contributed by atoms with Crippen molar-refractivity contribution in [3.63, 3.8) is 0 Å². The van der Waals surface area contributed by atoms with Crippen LogP contribution in [0, 0.1) is 0 Å². The molecule has 2 nitrogen and oxygen atoms in total. The van der Waals surface area contributed by atoms with Crippen molar-refractivity contribution in [2.75, 3.05) is 0 Å². The highest BCUT2D eigenvalue weighted by atomic mass is 32.1. The smallest absolute Gasteiger partial charge is 0.0641 e. The number of para-hydroxylation sites is 2. The highest BCUT2D eigenvalue weighted by Gasteiger charge is 2.22. The molecule has 0 unspecified atom stereocenters. The second kappa shape index (κ2) is 8.57. The van der Waals surface area contributed by atoms with E-state index in [9.17, 15) is 0 Å². The molecule has 200 valence electrons. The molecule has 0 amide bonds. The average Bonchev–Trinajstić information content (AvgIpc) is 3.72. The Labute approximate surface area is 251 Å². The summed E-state index contributed by atoms with van der Waals surface area (Å²) in [6, 6.07) is 53.3. The van der Waals surface area contributed by atoms with Gasteiger partial charge < -0.3 is 9.13 Å². The van der Waals surface area contributed by atoms with Gasteiger partial charge in [-0.05, 0) is 59.3 Å². The first-order chi connectivity index (χ1) is 21.3. The third kappa shape index (κ3) is 3.12. The zero-order valence-corrected chi connectivity index (χ0v) is 24.0. The lowest BCUT2D eigenvalue weighted by Gasteiger charge is -2.10. The van der Waals surface area contributed by atoms with E-state index in [0.717, 1.165) is 0 Å². The van der Waals surface area contributed by atoms with E-state index in [1.54, 1.807) is 0 Å². The minimum Gasteiger partial charge on any atom is -0.309 e. The van der Waals surface area contributed by atoms with Crippen molar-refractivity contribution in [2.24, 2.45) is 0 Å². The standard InChI is InChI=1S/C40H24N2S/c1-2-12-27(13-3-1)42-35-22-20-30-29-14-7-9-17-36(29)43-40(30)38(35)32-21-23-34-37(39(32)42)31-15-6-8-16-33(31)41(34)28-19-18-25-10-4-5-11-26(25)24-28/h1-24H. The van der Waals surface area contributed by atoms with Crippen LogP contribution >= 0.6 is 11.3 Å². The topological polar surface area (TPSA) is 9.86 Å². The lowest BCUT2D eigenvalue weighted by molar-refractivity contribution is 1.18. The van der Waals surface area contributed by atoms with Crippen molar-refractivity contribution in [1.29, 1.82) is 0 Å². The van der Waals surface area contributed by atoms with Crippen molar-refractivity contribution in [2.45, 2.75) is 0 Å². The van der Waals surface area contributed by atoms with Crippen LogP contribution in [0.4, 0.5) is 0 Å². The molecule has 0 aliphatic carbocycles. The molecule has 0 spiro atoms. The second-order valence-electron chi connectivity index (χ2n) is 11.3. The fraction of sp³-hybridized carbons (Fsp3) is 0. The number of hydrogen-bond acceptors (Lipinski definition) is 1. The van der Waals surface area contributed by atoms with E-state index in [4.69, 9.17) is 0 Å². The van der Waals surface area contributed by atoms with Gasteiger partial charge in [0.1, 0.15) is 0 Å². The van der Waals surface area contributed by atoms with Crippen molar-refractivity contribution >= 4 is 85.9 Å². The third-order valence-electron chi connectivity index (χ3n) is 9.08. The number of aromatic nitrogens is 2. The SMILES string of the molecule is c1ccc(-n2c3ccc4c5ccccc5sc4c3c3ccc4c(c5ccccc5n4-c4ccc5ccccc5c4)c32)cc1. The van der Waals surface area contributed by atoms with Crippen LogP contribution in [-0.2, 0) is 0 Å². The van der Waals surface area contributed by atoms with Crippen LogP contribution in [0.3, 0.4) is 0 Å². The molecule has 10 rings (SSSR count). The minimum atomic E-state index is 1.18. The summed E-state index contributed by atoms with van der Waals surface area (Å²) in [5.41, 5.74) is 7.31. The van der Waals surface area contributed by atoms with E-state index in [1.807, 2.05) is 11.3 Å². The highest BCUT2D eigenvalue weighted by molar-refractivity contribution is 7.26. The molecule has 7 aromatic carbocycles. The summed E-state index contributed by atoms with van der Waals surface area (Å²) in [4.78, 5) is 0. The summed E-state index contributed by atoms with van der Waals surface area (Å²) in [6.07, 6.45) is 0. The fourth-order valence-electron chi connectivity index (χ4n) is 7.26. The van der Waals surface area contributed by atoms with Crippen molar-refractivity contribution in [3.05, 3.63) is 146 Å². The van der Waals surface area contributed by atoms with Crippen molar-refractivity contribution < 1.29 is 0 Å². The maximum absolute atomic E-state index is 2.49. The van der Waals surface area contributed by atoms with E-state index in [2.05, 4.69) is 155 Å². The Balaban J connectivity index is 1.43. The van der Waals surface area contributed by atoms with Gasteiger partial charge in [0.15, 0.2) is 0 Å². The first-order valence-corrected chi connectivity index (χ1v) is 15.5. The maximum atomic E-state index is 2.49. The molecule has 0 fully saturated rings. The Hall–Kier alpha value is -5.38. The van der Waals surface area contributed by atoms with E-state index in [1.165, 1.54) is 85.9 Å². The molecule has 43 heavy (non-hydrogen) atoms. The Bertz CT molecular complexity index is 2720. The van der Waals surface area contributed by atoms with Crippen LogP contribution in [-0.4, -0.2) is 9.13 Å². The Kier molecular flexibility index (Phi) is 4.63. The van der Waals surface area contributed by atoms with Gasteiger partial charge in [0, 0.05) is 53.1 Å². The molecule has 3 heterocycles. The molecule has 10 aromatic rings. The van der Waals surface area contributed by atoms with Gasteiger partial charge in [0.2, 0.25) is 0 Å². The van der Waals surface area contributed by atoms with Gasteiger partial charge in [0.05, 0.1) is 22.1 Å². The summed E-state index contributed by atoms with van der Waals surface area (Å²) >= 11 is 1.91. The van der Waals surface area contributed by atoms with Gasteiger partial charge in [0.25, 0.3) is 0 Å². The largest absolute Gasteiger partial charge is 0.309 e. The molecule has 0 radical (unpaired) electrons. The summed E-state index contributed by atoms with van der Waals surface area (Å²) in [7, 11) is 0. The van der Waals surface area contributed by atoms with Gasteiger partial charge in [-0.25, -0.2) is 0 Å². The van der Waals surface area contributed by atoms with Crippen LogP contribution in [0.1, 0.15) is 0 Å². The molecule has 0 N–H and O–H groups in total. The molecular formula is C40H24N2S. The van der Waals surface area contributed by atoms with Crippen LogP contribution in [0.15, 0.2) is 146 Å². The summed E-state index contributed by atoms with van der Waals surface area (Å²) in [6.45, 7) is 0. The van der Waals surface area contributed by atoms with E-state index < -0.39 is 0 Å². The Morgan fingerprint density at radius 2 is 1.09 bits per heavy atom. The van der Waals surface area contributed by atoms with E-state index in [-0.39, 0.29) is 0 Å². The highest BCUT2D eigenvalue weighted by Crippen LogP contribution is 2.46. The lowest BCUT2D eigenvalue weighted by atomic mass is 10.1. The number of nitrogens with zero attached hydrogens (tertiary/aromatic N) is 2. The molecular weight excluding hydrogens is 541 g/mol. The summed E-state index contributed by atoms with van der Waals surface area (Å²) in [5, 5.41) is 10.4. The number of fused-ring (bicyclic) bond motifs is 12. The third-order valence-corrected chi connectivity index (χ3v) is 10.3. The molecule has 0 bridgehead atoms. The van der Waals surface area contributed by atoms with Crippen LogP contribution in [0.2, 0.25) is 0 Å². The quantitative estimate of drug-likeness (QED) is 0.198. The molecule has 0 aliphatic heterocycles. The lowest BCUT2D eigenvalue weighted by Crippen LogP contribution is -1.95. The molecule has 0 atom stereocenters. The first kappa shape index (κ1) is 23.2. The van der Waals surface area contributed by atoms with Gasteiger partial charge in [-0.3, -0.25) is 0 Å². The minimum absolute atomic E-state index is 1.18. The number of thiophene rings is 1. The first-order valence-electron chi connectivity index (χ1n) is 14.7. The molecule has 0 saturated heterocycles. The van der Waals surface area contributed by atoms with Crippen molar-refractivity contribution in [1.82, 2.24) is 9.13 Å². The fourth-order valence-corrected chi connectivity index (χ4v) is 8.52. The van der Waals surface area contributed by atoms with Crippen LogP contribution in [0.25, 0.3) is 85.9 Å². The predicted molar refractivity (Wildman–Crippen MR) is 186 cm³/mol. The van der Waals surface area contributed by atoms with Gasteiger partial charge >= 0.3 is 0 Å². The predicted octanol–water partition coefficient (Wildman–Crippen LogP) is 11.4. The zero-order valence-electron chi connectivity index (χ0n) is 23.2. The summed E-state index contributed by atoms with van der Waals surface area (Å²) < 4.78 is 7.63. The van der Waals surface area contributed by atoms with E-state index >= 15 is 0 Å². The number of benzene rings is 7. The normalized spacial score (nSPS) is 12.2. The van der Waals surface area contributed by atoms with Gasteiger partial charge in [-0.1, -0.05) is 97.1 Å². The maximum Gasteiger partial charge on any atom is 0.0641 e. The molecule has 0 saturated carbocycles. The zero-order chi connectivity index (χ0) is 28.1. The monoisotopic (exact) mass is 564 g/mol. The summed E-state index contributed by atoms with van der Waals surface area (Å²) in [5.74, 6) is 0. The molecule has 3 aromatic heterocycles. The van der Waals surface area contributed by atoms with Gasteiger partial charge in [-0.2, -0.15) is 0 Å².